The van der Waals surface area contributed by atoms with Gasteiger partial charge in [0, 0.05) is 24.7 Å². The molecule has 2 aliphatic rings. The van der Waals surface area contributed by atoms with Crippen molar-refractivity contribution in [3.63, 3.8) is 0 Å². The molecule has 0 unspecified atom stereocenters. The van der Waals surface area contributed by atoms with E-state index in [1.165, 1.54) is 12.1 Å². The van der Waals surface area contributed by atoms with Crippen molar-refractivity contribution in [3.8, 4) is 11.1 Å². The first-order chi connectivity index (χ1) is 19.5. The van der Waals surface area contributed by atoms with Crippen molar-refractivity contribution in [1.82, 2.24) is 15.4 Å². The second kappa shape index (κ2) is 10.5. The van der Waals surface area contributed by atoms with E-state index in [2.05, 4.69) is 10.3 Å². The summed E-state index contributed by atoms with van der Waals surface area (Å²) in [6.45, 7) is 0.0509. The average molecular weight is 534 g/mol. The van der Waals surface area contributed by atoms with Crippen LogP contribution in [0.4, 0.5) is 4.79 Å². The molecule has 1 N–H and O–H groups in total. The number of hydroxylamine groups is 2. The van der Waals surface area contributed by atoms with Crippen molar-refractivity contribution in [2.45, 2.75) is 18.4 Å². The number of ether oxygens (including phenoxy) is 1. The Morgan fingerprint density at radius 3 is 1.88 bits per heavy atom. The maximum Gasteiger partial charge on any atom is 0.407 e. The van der Waals surface area contributed by atoms with Gasteiger partial charge in [-0.3, -0.25) is 14.6 Å². The van der Waals surface area contributed by atoms with E-state index in [0.717, 1.165) is 22.3 Å². The lowest BCUT2D eigenvalue weighted by atomic mass is 9.98. The summed E-state index contributed by atoms with van der Waals surface area (Å²) in [5, 5.41) is 2.98. The lowest BCUT2D eigenvalue weighted by Gasteiger charge is -2.21. The molecule has 1 atom stereocenters. The molecule has 3 aromatic carbocycles. The molecule has 3 amide bonds. The van der Waals surface area contributed by atoms with E-state index in [-0.39, 0.29) is 30.1 Å². The monoisotopic (exact) mass is 533 g/mol. The van der Waals surface area contributed by atoms with Crippen molar-refractivity contribution >= 4 is 23.9 Å². The second-order valence-corrected chi connectivity index (χ2v) is 9.44. The number of hydrogen-bond donors (Lipinski definition) is 1. The highest BCUT2D eigenvalue weighted by Gasteiger charge is 2.40. The van der Waals surface area contributed by atoms with Crippen LogP contribution in [0.2, 0.25) is 0 Å². The Kier molecular flexibility index (Phi) is 6.53. The summed E-state index contributed by atoms with van der Waals surface area (Å²) in [5.74, 6) is -2.66. The van der Waals surface area contributed by atoms with Gasteiger partial charge in [0.1, 0.15) is 12.6 Å². The molecule has 2 heterocycles. The van der Waals surface area contributed by atoms with E-state index < -0.39 is 29.9 Å². The first-order valence-corrected chi connectivity index (χ1v) is 12.7. The zero-order valence-electron chi connectivity index (χ0n) is 21.2. The van der Waals surface area contributed by atoms with Crippen molar-refractivity contribution in [2.24, 2.45) is 0 Å². The summed E-state index contributed by atoms with van der Waals surface area (Å²) in [5.41, 5.74) is 5.23. The predicted octanol–water partition coefficient (Wildman–Crippen LogP) is 4.29. The number of pyridine rings is 1. The lowest BCUT2D eigenvalue weighted by molar-refractivity contribution is -0.171. The number of alkyl carbamates (subject to hydrolysis) is 1. The standard InChI is InChI=1S/C31H23N3O6/c35-28-24-11-5-6-12-25(24)29(36)34(28)40-30(37)27(17-19-13-15-32-16-14-19)33-31(38)39-18-26-22-9-3-1-7-20(22)21-8-2-4-10-23(21)26/h1-16,26-27H,17-18H2,(H,33,38)/t27-/m0/s1. The van der Waals surface area contributed by atoms with Crippen LogP contribution in [-0.4, -0.2) is 46.6 Å². The average Bonchev–Trinajstić information content (AvgIpc) is 3.43. The molecule has 40 heavy (non-hydrogen) atoms. The van der Waals surface area contributed by atoms with Gasteiger partial charge in [0.2, 0.25) is 0 Å². The molecular formula is C31H23N3O6. The van der Waals surface area contributed by atoms with Gasteiger partial charge in [-0.15, -0.1) is 0 Å². The molecule has 1 aliphatic carbocycles. The molecule has 4 aromatic rings. The predicted molar refractivity (Wildman–Crippen MR) is 143 cm³/mol. The van der Waals surface area contributed by atoms with Crippen molar-refractivity contribution < 1.29 is 28.8 Å². The van der Waals surface area contributed by atoms with Crippen LogP contribution in [-0.2, 0) is 20.8 Å². The number of rotatable bonds is 7. The highest BCUT2D eigenvalue weighted by atomic mass is 16.7. The summed E-state index contributed by atoms with van der Waals surface area (Å²) in [6, 6.07) is 24.2. The fraction of sp³-hybridized carbons (Fsp3) is 0.129. The van der Waals surface area contributed by atoms with E-state index in [0.29, 0.717) is 10.6 Å². The van der Waals surface area contributed by atoms with E-state index in [1.807, 2.05) is 48.5 Å². The molecule has 0 bridgehead atoms. The minimum atomic E-state index is -1.25. The number of imide groups is 1. The van der Waals surface area contributed by atoms with Crippen molar-refractivity contribution in [1.29, 1.82) is 0 Å². The summed E-state index contributed by atoms with van der Waals surface area (Å²) in [6.07, 6.45) is 2.29. The molecule has 198 valence electrons. The fourth-order valence-electron chi connectivity index (χ4n) is 5.13. The zero-order chi connectivity index (χ0) is 27.6. The van der Waals surface area contributed by atoms with Gasteiger partial charge < -0.3 is 14.9 Å². The zero-order valence-corrected chi connectivity index (χ0v) is 21.2. The quantitative estimate of drug-likeness (QED) is 0.353. The van der Waals surface area contributed by atoms with Crippen LogP contribution in [0.15, 0.2) is 97.3 Å². The van der Waals surface area contributed by atoms with Gasteiger partial charge in [0.05, 0.1) is 11.1 Å². The number of fused-ring (bicyclic) bond motifs is 4. The van der Waals surface area contributed by atoms with Crippen LogP contribution in [0.25, 0.3) is 11.1 Å². The number of amides is 3. The Bertz CT molecular complexity index is 1560. The minimum absolute atomic E-state index is 0.0225. The Morgan fingerprint density at radius 2 is 1.30 bits per heavy atom. The van der Waals surface area contributed by atoms with Crippen LogP contribution in [0, 0.1) is 0 Å². The highest BCUT2D eigenvalue weighted by molar-refractivity contribution is 6.21. The molecule has 0 spiro atoms. The second-order valence-electron chi connectivity index (χ2n) is 9.44. The van der Waals surface area contributed by atoms with Crippen LogP contribution in [0.5, 0.6) is 0 Å². The minimum Gasteiger partial charge on any atom is -0.449 e. The molecule has 0 saturated heterocycles. The van der Waals surface area contributed by atoms with E-state index in [4.69, 9.17) is 9.57 Å². The third kappa shape index (κ3) is 4.58. The van der Waals surface area contributed by atoms with Crippen molar-refractivity contribution in [2.75, 3.05) is 6.61 Å². The van der Waals surface area contributed by atoms with E-state index in [9.17, 15) is 19.2 Å². The Labute approximate surface area is 229 Å². The molecule has 9 heteroatoms. The van der Waals surface area contributed by atoms with Crippen LogP contribution >= 0.6 is 0 Å². The number of nitrogens with one attached hydrogen (secondary N) is 1. The first kappa shape index (κ1) is 25.0. The van der Waals surface area contributed by atoms with E-state index >= 15 is 0 Å². The Balaban J connectivity index is 1.17. The van der Waals surface area contributed by atoms with Crippen LogP contribution in [0.3, 0.4) is 0 Å². The topological polar surface area (TPSA) is 115 Å². The molecule has 0 radical (unpaired) electrons. The van der Waals surface area contributed by atoms with Gasteiger partial charge in [-0.25, -0.2) is 9.59 Å². The van der Waals surface area contributed by atoms with Gasteiger partial charge in [0.15, 0.2) is 0 Å². The van der Waals surface area contributed by atoms with Gasteiger partial charge in [-0.05, 0) is 52.1 Å². The molecule has 0 saturated carbocycles. The van der Waals surface area contributed by atoms with E-state index in [1.54, 1.807) is 36.7 Å². The van der Waals surface area contributed by atoms with Crippen LogP contribution < -0.4 is 5.32 Å². The third-order valence-electron chi connectivity index (χ3n) is 7.05. The number of benzene rings is 3. The van der Waals surface area contributed by atoms with Gasteiger partial charge in [-0.1, -0.05) is 65.7 Å². The summed E-state index contributed by atoms with van der Waals surface area (Å²) in [4.78, 5) is 60.8. The fourth-order valence-corrected chi connectivity index (χ4v) is 5.13. The Morgan fingerprint density at radius 1 is 0.775 bits per heavy atom. The van der Waals surface area contributed by atoms with Crippen molar-refractivity contribution in [3.05, 3.63) is 125 Å². The molecular weight excluding hydrogens is 510 g/mol. The number of carbonyl (C=O) groups excluding carboxylic acids is 4. The summed E-state index contributed by atoms with van der Waals surface area (Å²) < 4.78 is 5.60. The molecule has 1 aromatic heterocycles. The largest absolute Gasteiger partial charge is 0.449 e. The maximum atomic E-state index is 13.2. The summed E-state index contributed by atoms with van der Waals surface area (Å²) >= 11 is 0. The normalized spacial score (nSPS) is 14.2. The number of hydrogen-bond acceptors (Lipinski definition) is 7. The number of aromatic nitrogens is 1. The highest BCUT2D eigenvalue weighted by Crippen LogP contribution is 2.44. The smallest absolute Gasteiger partial charge is 0.407 e. The maximum absolute atomic E-state index is 13.2. The molecule has 0 fully saturated rings. The molecule has 6 rings (SSSR count). The number of nitrogens with zero attached hydrogens (tertiary/aromatic N) is 2. The third-order valence-corrected chi connectivity index (χ3v) is 7.05. The van der Waals surface area contributed by atoms with Gasteiger partial charge in [0.25, 0.3) is 11.8 Å². The number of carbonyl (C=O) groups is 4. The molecule has 9 nitrogen and oxygen atoms in total. The lowest BCUT2D eigenvalue weighted by Crippen LogP contribution is -2.47. The van der Waals surface area contributed by atoms with Crippen LogP contribution in [0.1, 0.15) is 43.3 Å². The SMILES string of the molecule is O=C(N[C@@H](Cc1ccncc1)C(=O)ON1C(=O)c2ccccc2C1=O)OCC1c2ccccc2-c2ccccc21. The molecule has 1 aliphatic heterocycles. The van der Waals surface area contributed by atoms with Gasteiger partial charge in [-0.2, -0.15) is 0 Å². The summed E-state index contributed by atoms with van der Waals surface area (Å²) in [7, 11) is 0. The first-order valence-electron chi connectivity index (χ1n) is 12.7. The van der Waals surface area contributed by atoms with Gasteiger partial charge >= 0.3 is 12.1 Å². The Hall–Kier alpha value is -5.31.